The highest BCUT2D eigenvalue weighted by molar-refractivity contribution is 7.99. The first-order valence-corrected chi connectivity index (χ1v) is 10.1. The molecule has 0 saturated heterocycles. The highest BCUT2D eigenvalue weighted by Gasteiger charge is 2.15. The highest BCUT2D eigenvalue weighted by Crippen LogP contribution is 2.24. The molecule has 3 aromatic rings. The van der Waals surface area contributed by atoms with E-state index in [9.17, 15) is 4.79 Å². The van der Waals surface area contributed by atoms with Crippen molar-refractivity contribution in [3.63, 3.8) is 0 Å². The van der Waals surface area contributed by atoms with E-state index in [-0.39, 0.29) is 11.7 Å². The van der Waals surface area contributed by atoms with Crippen molar-refractivity contribution in [3.05, 3.63) is 54.4 Å². The van der Waals surface area contributed by atoms with Crippen molar-refractivity contribution in [1.29, 1.82) is 0 Å². The van der Waals surface area contributed by atoms with Crippen molar-refractivity contribution < 1.29 is 4.79 Å². The number of hydrogen-bond acceptors (Lipinski definition) is 5. The number of pyridine rings is 1. The quantitative estimate of drug-likeness (QED) is 0.596. The third-order valence-electron chi connectivity index (χ3n) is 4.11. The molecule has 0 bridgehead atoms. The summed E-state index contributed by atoms with van der Waals surface area (Å²) in [5, 5.41) is 12.4. The molecule has 0 unspecified atom stereocenters. The first-order chi connectivity index (χ1) is 13.2. The number of para-hydroxylation sites is 1. The second-order valence-corrected chi connectivity index (χ2v) is 6.98. The van der Waals surface area contributed by atoms with Gasteiger partial charge in [-0.2, -0.15) is 0 Å². The van der Waals surface area contributed by atoms with Crippen LogP contribution in [0.2, 0.25) is 0 Å². The zero-order valence-electron chi connectivity index (χ0n) is 15.6. The SMILES string of the molecule is CCCn1c(SCC(=O)Nc2ccccc2CC)nnc1-c1ccncc1. The second-order valence-electron chi connectivity index (χ2n) is 6.04. The van der Waals surface area contributed by atoms with Gasteiger partial charge in [0, 0.05) is 30.2 Å². The molecule has 7 heteroatoms. The minimum Gasteiger partial charge on any atom is -0.325 e. The average molecular weight is 382 g/mol. The standard InChI is InChI=1S/C20H23N5OS/c1-3-13-25-19(16-9-11-21-12-10-16)23-24-20(25)27-14-18(26)22-17-8-6-5-7-15(17)4-2/h5-12H,3-4,13-14H2,1-2H3,(H,22,26). The largest absolute Gasteiger partial charge is 0.325 e. The van der Waals surface area contributed by atoms with Crippen LogP contribution in [0.25, 0.3) is 11.4 Å². The topological polar surface area (TPSA) is 72.7 Å². The van der Waals surface area contributed by atoms with Crippen LogP contribution in [0.1, 0.15) is 25.8 Å². The Balaban J connectivity index is 1.70. The van der Waals surface area contributed by atoms with Gasteiger partial charge in [0.15, 0.2) is 11.0 Å². The second kappa shape index (κ2) is 9.32. The summed E-state index contributed by atoms with van der Waals surface area (Å²) in [6.45, 7) is 4.99. The van der Waals surface area contributed by atoms with Gasteiger partial charge in [0.2, 0.25) is 5.91 Å². The Hall–Kier alpha value is -2.67. The molecule has 1 amide bonds. The molecule has 0 saturated carbocycles. The number of hydrogen-bond donors (Lipinski definition) is 1. The Morgan fingerprint density at radius 3 is 2.63 bits per heavy atom. The lowest BCUT2D eigenvalue weighted by molar-refractivity contribution is -0.113. The minimum absolute atomic E-state index is 0.0441. The number of amides is 1. The van der Waals surface area contributed by atoms with Gasteiger partial charge in [0.05, 0.1) is 5.75 Å². The number of aryl methyl sites for hydroxylation is 1. The number of nitrogens with one attached hydrogen (secondary N) is 1. The predicted octanol–water partition coefficient (Wildman–Crippen LogP) is 4.04. The van der Waals surface area contributed by atoms with E-state index in [0.29, 0.717) is 0 Å². The summed E-state index contributed by atoms with van der Waals surface area (Å²) in [5.74, 6) is 1.05. The molecule has 3 rings (SSSR count). The monoisotopic (exact) mass is 381 g/mol. The zero-order chi connectivity index (χ0) is 19.1. The number of carbonyl (C=O) groups is 1. The van der Waals surface area contributed by atoms with E-state index in [4.69, 9.17) is 0 Å². The van der Waals surface area contributed by atoms with Gasteiger partial charge in [0.25, 0.3) is 0 Å². The molecule has 2 heterocycles. The summed E-state index contributed by atoms with van der Waals surface area (Å²) in [7, 11) is 0. The predicted molar refractivity (Wildman–Crippen MR) is 109 cm³/mol. The van der Waals surface area contributed by atoms with Crippen LogP contribution in [-0.2, 0) is 17.8 Å². The Morgan fingerprint density at radius 2 is 1.89 bits per heavy atom. The Bertz CT molecular complexity index is 894. The van der Waals surface area contributed by atoms with Gasteiger partial charge in [-0.05, 0) is 36.6 Å². The molecule has 6 nitrogen and oxygen atoms in total. The first-order valence-electron chi connectivity index (χ1n) is 9.07. The smallest absolute Gasteiger partial charge is 0.234 e. The number of carbonyl (C=O) groups excluding carboxylic acids is 1. The van der Waals surface area contributed by atoms with E-state index in [1.54, 1.807) is 12.4 Å². The zero-order valence-corrected chi connectivity index (χ0v) is 16.4. The molecule has 2 aromatic heterocycles. The summed E-state index contributed by atoms with van der Waals surface area (Å²) in [5.41, 5.74) is 2.97. The number of thioether (sulfide) groups is 1. The van der Waals surface area contributed by atoms with Gasteiger partial charge in [-0.15, -0.1) is 10.2 Å². The summed E-state index contributed by atoms with van der Waals surface area (Å²) < 4.78 is 2.06. The Labute approximate surface area is 163 Å². The lowest BCUT2D eigenvalue weighted by Gasteiger charge is -2.10. The van der Waals surface area contributed by atoms with Gasteiger partial charge in [-0.1, -0.05) is 43.8 Å². The van der Waals surface area contributed by atoms with Gasteiger partial charge in [-0.25, -0.2) is 0 Å². The molecule has 1 aromatic carbocycles. The molecule has 0 fully saturated rings. The third kappa shape index (κ3) is 4.74. The van der Waals surface area contributed by atoms with Crippen LogP contribution in [-0.4, -0.2) is 31.4 Å². The molecule has 0 aliphatic carbocycles. The fraction of sp³-hybridized carbons (Fsp3) is 0.300. The van der Waals surface area contributed by atoms with Crippen molar-refractivity contribution in [2.75, 3.05) is 11.1 Å². The molecule has 0 spiro atoms. The van der Waals surface area contributed by atoms with E-state index in [1.165, 1.54) is 11.8 Å². The van der Waals surface area contributed by atoms with Gasteiger partial charge in [0.1, 0.15) is 0 Å². The van der Waals surface area contributed by atoms with E-state index >= 15 is 0 Å². The molecule has 1 N–H and O–H groups in total. The van der Waals surface area contributed by atoms with Crippen LogP contribution in [0, 0.1) is 0 Å². The van der Waals surface area contributed by atoms with Crippen LogP contribution >= 0.6 is 11.8 Å². The Kier molecular flexibility index (Phi) is 6.59. The number of rotatable bonds is 8. The third-order valence-corrected chi connectivity index (χ3v) is 5.07. The van der Waals surface area contributed by atoms with Crippen molar-refractivity contribution in [3.8, 4) is 11.4 Å². The maximum Gasteiger partial charge on any atom is 0.234 e. The van der Waals surface area contributed by atoms with Gasteiger partial charge < -0.3 is 9.88 Å². The molecular weight excluding hydrogens is 358 g/mol. The van der Waals surface area contributed by atoms with Crippen molar-refractivity contribution in [2.45, 2.75) is 38.4 Å². The molecular formula is C20H23N5OS. The molecule has 27 heavy (non-hydrogen) atoms. The first kappa shape index (κ1) is 19.1. The average Bonchev–Trinajstić information content (AvgIpc) is 3.10. The lowest BCUT2D eigenvalue weighted by atomic mass is 10.1. The summed E-state index contributed by atoms with van der Waals surface area (Å²) in [6.07, 6.45) is 5.32. The van der Waals surface area contributed by atoms with E-state index in [2.05, 4.69) is 38.9 Å². The number of benzene rings is 1. The van der Waals surface area contributed by atoms with E-state index in [1.807, 2.05) is 36.4 Å². The molecule has 140 valence electrons. The molecule has 0 radical (unpaired) electrons. The van der Waals surface area contributed by atoms with Crippen LogP contribution in [0.5, 0.6) is 0 Å². The number of nitrogens with zero attached hydrogens (tertiary/aromatic N) is 4. The summed E-state index contributed by atoms with van der Waals surface area (Å²) in [4.78, 5) is 16.5. The van der Waals surface area contributed by atoms with E-state index < -0.39 is 0 Å². The molecule has 0 aliphatic rings. The fourth-order valence-electron chi connectivity index (χ4n) is 2.80. The van der Waals surface area contributed by atoms with Gasteiger partial charge >= 0.3 is 0 Å². The Morgan fingerprint density at radius 1 is 1.11 bits per heavy atom. The normalized spacial score (nSPS) is 10.7. The lowest BCUT2D eigenvalue weighted by Crippen LogP contribution is -2.15. The van der Waals surface area contributed by atoms with Crippen molar-refractivity contribution >= 4 is 23.4 Å². The maximum absolute atomic E-state index is 12.4. The summed E-state index contributed by atoms with van der Waals surface area (Å²) in [6, 6.07) is 11.7. The van der Waals surface area contributed by atoms with Crippen molar-refractivity contribution in [2.24, 2.45) is 0 Å². The van der Waals surface area contributed by atoms with Crippen LogP contribution in [0.15, 0.2) is 53.9 Å². The summed E-state index contributed by atoms with van der Waals surface area (Å²) >= 11 is 1.40. The van der Waals surface area contributed by atoms with Crippen molar-refractivity contribution in [1.82, 2.24) is 19.7 Å². The van der Waals surface area contributed by atoms with Crippen LogP contribution < -0.4 is 5.32 Å². The fourth-order valence-corrected chi connectivity index (χ4v) is 3.57. The van der Waals surface area contributed by atoms with Crippen LogP contribution in [0.3, 0.4) is 0 Å². The highest BCUT2D eigenvalue weighted by atomic mass is 32.2. The number of aromatic nitrogens is 4. The molecule has 0 aliphatic heterocycles. The number of anilines is 1. The van der Waals surface area contributed by atoms with E-state index in [0.717, 1.165) is 47.2 Å². The maximum atomic E-state index is 12.4. The molecule has 0 atom stereocenters. The van der Waals surface area contributed by atoms with Gasteiger partial charge in [-0.3, -0.25) is 9.78 Å². The minimum atomic E-state index is -0.0441. The van der Waals surface area contributed by atoms with Crippen LogP contribution in [0.4, 0.5) is 5.69 Å².